The van der Waals surface area contributed by atoms with Crippen molar-refractivity contribution in [2.24, 2.45) is 0 Å². The number of anilines is 1. The molecule has 1 aliphatic heterocycles. The topological polar surface area (TPSA) is 21.1 Å². The molecule has 4 rings (SSSR count). The van der Waals surface area contributed by atoms with E-state index < -0.39 is 0 Å². The minimum atomic E-state index is 0.301. The number of aromatic nitrogens is 2. The Balaban J connectivity index is 2.06. The van der Waals surface area contributed by atoms with Crippen LogP contribution in [0.4, 0.5) is 5.69 Å². The van der Waals surface area contributed by atoms with E-state index in [0.717, 1.165) is 42.8 Å². The summed E-state index contributed by atoms with van der Waals surface area (Å²) in [6, 6.07) is 10.7. The minimum Gasteiger partial charge on any atom is -0.347 e. The molecule has 30 heavy (non-hydrogen) atoms. The van der Waals surface area contributed by atoms with E-state index in [0.29, 0.717) is 5.92 Å². The highest BCUT2D eigenvalue weighted by atomic mass is 32.1. The van der Waals surface area contributed by atoms with Crippen LogP contribution in [0.3, 0.4) is 0 Å². The van der Waals surface area contributed by atoms with Gasteiger partial charge in [-0.25, -0.2) is 4.98 Å². The second-order valence-corrected chi connectivity index (χ2v) is 9.15. The Bertz CT molecular complexity index is 1090. The molecule has 3 heterocycles. The monoisotopic (exact) mass is 417 g/mol. The van der Waals surface area contributed by atoms with Crippen molar-refractivity contribution in [3.63, 3.8) is 0 Å². The maximum absolute atomic E-state index is 4.90. The van der Waals surface area contributed by atoms with Gasteiger partial charge in [-0.2, -0.15) is 0 Å². The van der Waals surface area contributed by atoms with Gasteiger partial charge in [0.25, 0.3) is 0 Å². The van der Waals surface area contributed by atoms with Crippen LogP contribution in [0.25, 0.3) is 16.8 Å². The molecular formula is C26H31N3S. The van der Waals surface area contributed by atoms with Crippen molar-refractivity contribution < 1.29 is 0 Å². The fourth-order valence-corrected chi connectivity index (χ4v) is 5.54. The molecule has 1 aliphatic rings. The van der Waals surface area contributed by atoms with Gasteiger partial charge in [-0.3, -0.25) is 0 Å². The van der Waals surface area contributed by atoms with Gasteiger partial charge < -0.3 is 9.47 Å². The zero-order valence-corrected chi connectivity index (χ0v) is 19.4. The van der Waals surface area contributed by atoms with Gasteiger partial charge >= 0.3 is 0 Å². The minimum absolute atomic E-state index is 0.301. The van der Waals surface area contributed by atoms with E-state index >= 15 is 0 Å². The fraction of sp³-hybridized carbons (Fsp3) is 0.346. The number of nitrogens with zero attached hydrogens (tertiary/aromatic N) is 3. The fourth-order valence-electron chi connectivity index (χ4n) is 4.61. The lowest BCUT2D eigenvalue weighted by atomic mass is 9.94. The first-order valence-electron chi connectivity index (χ1n) is 10.7. The summed E-state index contributed by atoms with van der Waals surface area (Å²) in [7, 11) is 2.15. The Morgan fingerprint density at radius 1 is 1.27 bits per heavy atom. The molecule has 0 saturated heterocycles. The Morgan fingerprint density at radius 3 is 2.60 bits per heavy atom. The Kier molecular flexibility index (Phi) is 5.70. The maximum atomic E-state index is 4.90. The van der Waals surface area contributed by atoms with E-state index in [1.165, 1.54) is 33.2 Å². The third-order valence-electron chi connectivity index (χ3n) is 6.11. The molecule has 1 atom stereocenters. The second kappa shape index (κ2) is 8.27. The van der Waals surface area contributed by atoms with Crippen molar-refractivity contribution >= 4 is 22.6 Å². The number of hydrogen-bond acceptors (Lipinski definition) is 3. The third-order valence-corrected chi connectivity index (χ3v) is 7.18. The highest BCUT2D eigenvalue weighted by Crippen LogP contribution is 2.49. The van der Waals surface area contributed by atoms with Gasteiger partial charge in [-0.05, 0) is 44.2 Å². The summed E-state index contributed by atoms with van der Waals surface area (Å²) < 4.78 is 2.54. The molecule has 1 aromatic carbocycles. The summed E-state index contributed by atoms with van der Waals surface area (Å²) in [4.78, 5) is 7.19. The molecule has 0 amide bonds. The van der Waals surface area contributed by atoms with Gasteiger partial charge in [0.15, 0.2) is 0 Å². The van der Waals surface area contributed by atoms with Crippen molar-refractivity contribution in [1.29, 1.82) is 0 Å². The molecule has 1 unspecified atom stereocenters. The number of fused-ring (bicyclic) bond motifs is 1. The lowest BCUT2D eigenvalue weighted by Gasteiger charge is -2.29. The zero-order valence-electron chi connectivity index (χ0n) is 18.5. The summed E-state index contributed by atoms with van der Waals surface area (Å²) >= 11 is 1.79. The van der Waals surface area contributed by atoms with Crippen LogP contribution in [0.5, 0.6) is 0 Å². The largest absolute Gasteiger partial charge is 0.347 e. The molecule has 156 valence electrons. The van der Waals surface area contributed by atoms with Gasteiger partial charge in [-0.1, -0.05) is 50.4 Å². The predicted octanol–water partition coefficient (Wildman–Crippen LogP) is 7.24. The predicted molar refractivity (Wildman–Crippen MR) is 130 cm³/mol. The van der Waals surface area contributed by atoms with Crippen LogP contribution < -0.4 is 4.90 Å². The lowest BCUT2D eigenvalue weighted by Crippen LogP contribution is -2.22. The Morgan fingerprint density at radius 2 is 2.00 bits per heavy atom. The van der Waals surface area contributed by atoms with Crippen LogP contribution in [0.2, 0.25) is 0 Å². The molecule has 2 aromatic heterocycles. The van der Waals surface area contributed by atoms with E-state index in [1.807, 2.05) is 0 Å². The van der Waals surface area contributed by atoms with Crippen molar-refractivity contribution in [3.8, 4) is 11.3 Å². The number of benzene rings is 1. The lowest BCUT2D eigenvalue weighted by molar-refractivity contribution is 0.493. The summed E-state index contributed by atoms with van der Waals surface area (Å²) in [5, 5.41) is 3.39. The van der Waals surface area contributed by atoms with E-state index in [2.05, 4.69) is 86.2 Å². The number of aryl methyl sites for hydroxylation is 1. The van der Waals surface area contributed by atoms with Gasteiger partial charge in [0.1, 0.15) is 5.01 Å². The van der Waals surface area contributed by atoms with E-state index in [4.69, 9.17) is 4.98 Å². The molecule has 3 aromatic rings. The molecule has 0 bridgehead atoms. The first kappa shape index (κ1) is 20.7. The van der Waals surface area contributed by atoms with Crippen molar-refractivity contribution in [2.45, 2.75) is 52.5 Å². The van der Waals surface area contributed by atoms with E-state index in [1.54, 1.807) is 11.3 Å². The summed E-state index contributed by atoms with van der Waals surface area (Å²) in [6.07, 6.45) is 3.19. The van der Waals surface area contributed by atoms with E-state index in [-0.39, 0.29) is 0 Å². The Labute approximate surface area is 184 Å². The van der Waals surface area contributed by atoms with Gasteiger partial charge in [-0.15, -0.1) is 11.3 Å². The second-order valence-electron chi connectivity index (χ2n) is 8.26. The molecule has 0 N–H and O–H groups in total. The number of allylic oxidation sites excluding steroid dienone is 2. The summed E-state index contributed by atoms with van der Waals surface area (Å²) in [5.74, 6) is 0.301. The standard InChI is InChI=1S/C26H31N3S/c1-7-19(5)28(6)25-22(17(2)3)23(20-12-9-8-10-13-20)29-15-11-14-21(24(25)29)26-27-18(4)16-30-26/h8-10,12-13,16,21H,2,5,7,11,14-15H2,1,3-4,6H3. The first-order valence-corrected chi connectivity index (χ1v) is 11.6. The van der Waals surface area contributed by atoms with Crippen LogP contribution in [0, 0.1) is 6.92 Å². The first-order chi connectivity index (χ1) is 14.4. The highest BCUT2D eigenvalue weighted by molar-refractivity contribution is 7.09. The van der Waals surface area contributed by atoms with Crippen LogP contribution in [-0.2, 0) is 6.54 Å². The molecule has 3 nitrogen and oxygen atoms in total. The van der Waals surface area contributed by atoms with Crippen LogP contribution >= 0.6 is 11.3 Å². The van der Waals surface area contributed by atoms with Crippen LogP contribution in [0.1, 0.15) is 61.0 Å². The molecular weight excluding hydrogens is 386 g/mol. The molecule has 0 radical (unpaired) electrons. The number of rotatable bonds is 6. The zero-order chi connectivity index (χ0) is 21.4. The highest BCUT2D eigenvalue weighted by Gasteiger charge is 2.35. The van der Waals surface area contributed by atoms with Crippen LogP contribution in [-0.4, -0.2) is 16.6 Å². The van der Waals surface area contributed by atoms with Crippen molar-refractivity contribution in [2.75, 3.05) is 11.9 Å². The third kappa shape index (κ3) is 3.43. The molecule has 4 heteroatoms. The number of thiazole rings is 1. The van der Waals surface area contributed by atoms with Gasteiger partial charge in [0, 0.05) is 35.9 Å². The molecule has 0 spiro atoms. The van der Waals surface area contributed by atoms with Gasteiger partial charge in [0.05, 0.1) is 23.0 Å². The normalized spacial score (nSPS) is 15.7. The van der Waals surface area contributed by atoms with Crippen LogP contribution in [0.15, 0.2) is 54.6 Å². The van der Waals surface area contributed by atoms with Crippen molar-refractivity contribution in [1.82, 2.24) is 9.55 Å². The van der Waals surface area contributed by atoms with E-state index in [9.17, 15) is 0 Å². The molecule has 0 aliphatic carbocycles. The average molecular weight is 418 g/mol. The smallest absolute Gasteiger partial charge is 0.102 e. The quantitative estimate of drug-likeness (QED) is 0.421. The molecule has 0 saturated carbocycles. The maximum Gasteiger partial charge on any atom is 0.102 e. The average Bonchev–Trinajstić information content (AvgIpc) is 3.34. The SMILES string of the molecule is C=C(C)c1c(N(C)C(=C)CC)c2n(c1-c1ccccc1)CCCC2c1nc(C)cs1. The number of hydrogen-bond donors (Lipinski definition) is 0. The summed E-state index contributed by atoms with van der Waals surface area (Å²) in [5.41, 5.74) is 9.70. The van der Waals surface area contributed by atoms with Gasteiger partial charge in [0.2, 0.25) is 0 Å². The molecule has 0 fully saturated rings. The summed E-state index contributed by atoms with van der Waals surface area (Å²) in [6.45, 7) is 16.2. The Hall–Kier alpha value is -2.59. The van der Waals surface area contributed by atoms with Crippen molar-refractivity contribution in [3.05, 3.63) is 76.5 Å².